The van der Waals surface area contributed by atoms with Crippen LogP contribution in [-0.4, -0.2) is 16.1 Å². The topological polar surface area (TPSA) is 80.4 Å². The Bertz CT molecular complexity index is 923. The summed E-state index contributed by atoms with van der Waals surface area (Å²) in [6.45, 7) is 2.03. The number of hydrogen-bond donors (Lipinski definition) is 1. The summed E-state index contributed by atoms with van der Waals surface area (Å²) in [4.78, 5) is 14.7. The molecule has 23 heavy (non-hydrogen) atoms. The minimum absolute atomic E-state index is 0.0988. The van der Waals surface area contributed by atoms with E-state index in [-0.39, 0.29) is 10.7 Å². The Morgan fingerprint density at radius 3 is 2.96 bits per heavy atom. The van der Waals surface area contributed by atoms with Crippen molar-refractivity contribution in [2.75, 3.05) is 5.43 Å². The minimum atomic E-state index is -0.525. The number of fused-ring (bicyclic) bond motifs is 1. The number of anilines is 1. The standard InChI is InChI=1S/C15H11ClN4O2S/c1-9-2-5-12-14(6-9)23-15(18-12)19-17-8-10-3-4-11(16)13(7-10)20(21)22/h2-8H,1H3,(H,18,19)/b17-8+. The Hall–Kier alpha value is -2.51. The van der Waals surface area contributed by atoms with Crippen LogP contribution in [0.25, 0.3) is 10.2 Å². The molecule has 1 N–H and O–H groups in total. The number of thiazole rings is 1. The molecule has 0 aliphatic carbocycles. The maximum absolute atomic E-state index is 10.8. The van der Waals surface area contributed by atoms with Crippen molar-refractivity contribution in [3.8, 4) is 0 Å². The predicted octanol–water partition coefficient (Wildman–Crippen LogP) is 4.61. The quantitative estimate of drug-likeness (QED) is 0.425. The van der Waals surface area contributed by atoms with Crippen LogP contribution >= 0.6 is 22.9 Å². The summed E-state index contributed by atoms with van der Waals surface area (Å²) in [5.41, 5.74) is 5.34. The van der Waals surface area contributed by atoms with Gasteiger partial charge in [-0.25, -0.2) is 4.98 Å². The van der Waals surface area contributed by atoms with Crippen LogP contribution < -0.4 is 5.43 Å². The van der Waals surface area contributed by atoms with Crippen molar-refractivity contribution < 1.29 is 4.92 Å². The molecule has 0 fully saturated rings. The van der Waals surface area contributed by atoms with E-state index in [9.17, 15) is 10.1 Å². The summed E-state index contributed by atoms with van der Waals surface area (Å²) in [6.07, 6.45) is 1.49. The van der Waals surface area contributed by atoms with E-state index in [4.69, 9.17) is 11.6 Å². The molecule has 6 nitrogen and oxygen atoms in total. The van der Waals surface area contributed by atoms with Gasteiger partial charge in [0.2, 0.25) is 5.13 Å². The van der Waals surface area contributed by atoms with Gasteiger partial charge in [-0.15, -0.1) is 0 Å². The number of halogens is 1. The first kappa shape index (κ1) is 15.4. The van der Waals surface area contributed by atoms with E-state index in [2.05, 4.69) is 21.6 Å². The average Bonchev–Trinajstić information content (AvgIpc) is 2.90. The van der Waals surface area contributed by atoms with Crippen LogP contribution in [0.2, 0.25) is 5.02 Å². The van der Waals surface area contributed by atoms with Crippen molar-refractivity contribution in [1.29, 1.82) is 0 Å². The molecule has 0 aliphatic heterocycles. The number of hydrazone groups is 1. The normalized spacial score (nSPS) is 11.2. The fourth-order valence-corrected chi connectivity index (χ4v) is 3.09. The summed E-state index contributed by atoms with van der Waals surface area (Å²) >= 11 is 7.26. The van der Waals surface area contributed by atoms with Gasteiger partial charge in [0.25, 0.3) is 5.69 Å². The molecule has 0 aliphatic rings. The molecule has 0 saturated heterocycles. The molecule has 3 rings (SSSR count). The highest BCUT2D eigenvalue weighted by atomic mass is 35.5. The number of hydrogen-bond acceptors (Lipinski definition) is 6. The zero-order valence-electron chi connectivity index (χ0n) is 12.0. The number of rotatable bonds is 4. The third kappa shape index (κ3) is 3.46. The Morgan fingerprint density at radius 1 is 1.35 bits per heavy atom. The average molecular weight is 347 g/mol. The first-order valence-corrected chi connectivity index (χ1v) is 7.82. The van der Waals surface area contributed by atoms with Gasteiger partial charge >= 0.3 is 0 Å². The van der Waals surface area contributed by atoms with Gasteiger partial charge in [-0.3, -0.25) is 15.5 Å². The highest BCUT2D eigenvalue weighted by Gasteiger charge is 2.11. The highest BCUT2D eigenvalue weighted by molar-refractivity contribution is 7.22. The molecule has 0 amide bonds. The zero-order chi connectivity index (χ0) is 16.4. The minimum Gasteiger partial charge on any atom is -0.258 e. The predicted molar refractivity (Wildman–Crippen MR) is 93.7 cm³/mol. The molecular weight excluding hydrogens is 336 g/mol. The van der Waals surface area contributed by atoms with Crippen LogP contribution in [-0.2, 0) is 0 Å². The molecular formula is C15H11ClN4O2S. The fraction of sp³-hybridized carbons (Fsp3) is 0.0667. The van der Waals surface area contributed by atoms with E-state index >= 15 is 0 Å². The van der Waals surface area contributed by atoms with Gasteiger partial charge in [-0.2, -0.15) is 5.10 Å². The summed E-state index contributed by atoms with van der Waals surface area (Å²) in [7, 11) is 0. The summed E-state index contributed by atoms with van der Waals surface area (Å²) < 4.78 is 1.07. The van der Waals surface area contributed by atoms with Crippen molar-refractivity contribution in [2.45, 2.75) is 6.92 Å². The van der Waals surface area contributed by atoms with Gasteiger partial charge in [-0.05, 0) is 30.7 Å². The molecule has 0 unspecified atom stereocenters. The van der Waals surface area contributed by atoms with E-state index in [1.165, 1.54) is 35.2 Å². The third-order valence-corrected chi connectivity index (χ3v) is 4.33. The van der Waals surface area contributed by atoms with Crippen molar-refractivity contribution >= 4 is 50.2 Å². The molecule has 0 atom stereocenters. The number of aromatic nitrogens is 1. The third-order valence-electron chi connectivity index (χ3n) is 3.08. The Kier molecular flexibility index (Phi) is 4.22. The number of aryl methyl sites for hydroxylation is 1. The molecule has 3 aromatic rings. The number of nitrogens with zero attached hydrogens (tertiary/aromatic N) is 3. The second-order valence-corrected chi connectivity index (χ2v) is 6.27. The van der Waals surface area contributed by atoms with Gasteiger partial charge in [0.05, 0.1) is 21.4 Å². The smallest absolute Gasteiger partial charge is 0.258 e. The molecule has 0 bridgehead atoms. The van der Waals surface area contributed by atoms with Crippen LogP contribution in [0.3, 0.4) is 0 Å². The first-order valence-electron chi connectivity index (χ1n) is 6.63. The lowest BCUT2D eigenvalue weighted by atomic mass is 10.2. The van der Waals surface area contributed by atoms with Crippen LogP contribution in [0, 0.1) is 17.0 Å². The van der Waals surface area contributed by atoms with Gasteiger partial charge in [0.15, 0.2) is 0 Å². The van der Waals surface area contributed by atoms with Crippen molar-refractivity contribution in [1.82, 2.24) is 4.98 Å². The van der Waals surface area contributed by atoms with E-state index in [1.54, 1.807) is 6.07 Å². The maximum atomic E-state index is 10.8. The van der Waals surface area contributed by atoms with Crippen LogP contribution in [0.4, 0.5) is 10.8 Å². The van der Waals surface area contributed by atoms with E-state index in [1.807, 2.05) is 19.1 Å². The molecule has 0 spiro atoms. The van der Waals surface area contributed by atoms with E-state index < -0.39 is 4.92 Å². The molecule has 116 valence electrons. The molecule has 1 heterocycles. The van der Waals surface area contributed by atoms with Crippen molar-refractivity contribution in [3.63, 3.8) is 0 Å². The molecule has 2 aromatic carbocycles. The molecule has 8 heteroatoms. The Morgan fingerprint density at radius 2 is 2.17 bits per heavy atom. The summed E-state index contributed by atoms with van der Waals surface area (Å²) in [5, 5.41) is 15.7. The van der Waals surface area contributed by atoms with Crippen LogP contribution in [0.15, 0.2) is 41.5 Å². The fourth-order valence-electron chi connectivity index (χ4n) is 1.99. The maximum Gasteiger partial charge on any atom is 0.288 e. The second-order valence-electron chi connectivity index (χ2n) is 4.83. The Labute approximate surface area is 140 Å². The largest absolute Gasteiger partial charge is 0.288 e. The van der Waals surface area contributed by atoms with Gasteiger partial charge in [0.1, 0.15) is 5.02 Å². The first-order chi connectivity index (χ1) is 11.0. The number of nitro benzene ring substituents is 1. The van der Waals surface area contributed by atoms with Gasteiger partial charge in [-0.1, -0.05) is 35.1 Å². The van der Waals surface area contributed by atoms with Gasteiger partial charge < -0.3 is 0 Å². The monoisotopic (exact) mass is 346 g/mol. The molecule has 0 radical (unpaired) electrons. The lowest BCUT2D eigenvalue weighted by Gasteiger charge is -1.97. The summed E-state index contributed by atoms with van der Waals surface area (Å²) in [6, 6.07) is 10.5. The number of benzene rings is 2. The van der Waals surface area contributed by atoms with Crippen molar-refractivity contribution in [2.24, 2.45) is 5.10 Å². The van der Waals surface area contributed by atoms with Crippen LogP contribution in [0.1, 0.15) is 11.1 Å². The SMILES string of the molecule is Cc1ccc2nc(N/N=C/c3ccc(Cl)c([N+](=O)[O-])c3)sc2c1. The summed E-state index contributed by atoms with van der Waals surface area (Å²) in [5.74, 6) is 0. The van der Waals surface area contributed by atoms with Crippen LogP contribution in [0.5, 0.6) is 0 Å². The van der Waals surface area contributed by atoms with Gasteiger partial charge in [0, 0.05) is 11.6 Å². The lowest BCUT2D eigenvalue weighted by molar-refractivity contribution is -0.384. The highest BCUT2D eigenvalue weighted by Crippen LogP contribution is 2.27. The second kappa shape index (κ2) is 6.31. The molecule has 1 aromatic heterocycles. The Balaban J connectivity index is 1.77. The lowest BCUT2D eigenvalue weighted by Crippen LogP contribution is -1.93. The van der Waals surface area contributed by atoms with E-state index in [0.717, 1.165) is 10.2 Å². The zero-order valence-corrected chi connectivity index (χ0v) is 13.6. The molecule has 0 saturated carbocycles. The number of nitrogens with one attached hydrogen (secondary N) is 1. The number of nitro groups is 1. The van der Waals surface area contributed by atoms with Crippen molar-refractivity contribution in [3.05, 3.63) is 62.7 Å². The van der Waals surface area contributed by atoms with E-state index in [0.29, 0.717) is 10.7 Å².